The molecule has 0 fully saturated rings. The van der Waals surface area contributed by atoms with Crippen molar-refractivity contribution in [2.75, 3.05) is 5.75 Å². The van der Waals surface area contributed by atoms with Gasteiger partial charge in [-0.05, 0) is 35.4 Å². The number of nitrogens with two attached hydrogens (primary N) is 1. The van der Waals surface area contributed by atoms with Gasteiger partial charge in [0.05, 0.1) is 5.56 Å². The van der Waals surface area contributed by atoms with E-state index < -0.39 is 23.9 Å². The Labute approximate surface area is 153 Å². The Morgan fingerprint density at radius 3 is 2.35 bits per heavy atom. The third kappa shape index (κ3) is 3.67. The monoisotopic (exact) mass is 381 g/mol. The lowest BCUT2D eigenvalue weighted by Gasteiger charge is -2.38. The Morgan fingerprint density at radius 1 is 1.15 bits per heavy atom. The first-order valence-corrected chi connectivity index (χ1v) is 8.97. The molecule has 138 valence electrons. The minimum Gasteiger partial charge on any atom is -0.441 e. The van der Waals surface area contributed by atoms with Gasteiger partial charge in [0.1, 0.15) is 6.10 Å². The fourth-order valence-corrected chi connectivity index (χ4v) is 4.19. The molecule has 0 spiro atoms. The largest absolute Gasteiger partial charge is 0.441 e. The molecule has 0 saturated heterocycles. The van der Waals surface area contributed by atoms with E-state index in [0.717, 1.165) is 33.9 Å². The maximum Gasteiger partial charge on any atom is 0.416 e. The van der Waals surface area contributed by atoms with Gasteiger partial charge in [-0.2, -0.15) is 13.2 Å². The van der Waals surface area contributed by atoms with E-state index >= 15 is 0 Å². The summed E-state index contributed by atoms with van der Waals surface area (Å²) in [4.78, 5) is 12.3. The van der Waals surface area contributed by atoms with Crippen LogP contribution in [0, 0.1) is 5.41 Å². The maximum absolute atomic E-state index is 12.7. The van der Waals surface area contributed by atoms with Crippen LogP contribution < -0.4 is 5.73 Å². The first-order valence-electron chi connectivity index (χ1n) is 7.98. The topological polar surface area (TPSA) is 52.3 Å². The fourth-order valence-electron chi connectivity index (χ4n) is 3.02. The van der Waals surface area contributed by atoms with E-state index in [2.05, 4.69) is 0 Å². The van der Waals surface area contributed by atoms with Crippen molar-refractivity contribution in [3.63, 3.8) is 0 Å². The van der Waals surface area contributed by atoms with Crippen molar-refractivity contribution in [2.24, 2.45) is 11.1 Å². The molecule has 1 heterocycles. The van der Waals surface area contributed by atoms with Crippen LogP contribution in [0.5, 0.6) is 0 Å². The van der Waals surface area contributed by atoms with E-state index in [0.29, 0.717) is 5.56 Å². The molecule has 2 aromatic carbocycles. The lowest BCUT2D eigenvalue weighted by atomic mass is 9.83. The number of hydrogen-bond acceptors (Lipinski definition) is 3. The summed E-state index contributed by atoms with van der Waals surface area (Å²) >= 11 is 1.66. The summed E-state index contributed by atoms with van der Waals surface area (Å²) in [6, 6.07) is 10.6. The second kappa shape index (κ2) is 6.54. The van der Waals surface area contributed by atoms with Gasteiger partial charge in [-0.25, -0.2) is 4.79 Å². The SMILES string of the molecule is CC1(C)CSc2ccc(-c3ccc(C(F)(F)F)cc3)cc2C1OC(N)=O. The molecule has 1 amide bonds. The minimum atomic E-state index is -4.37. The third-order valence-corrected chi connectivity index (χ3v) is 5.95. The molecule has 3 rings (SSSR count). The van der Waals surface area contributed by atoms with Crippen LogP contribution in [0.4, 0.5) is 18.0 Å². The molecule has 2 aromatic rings. The Balaban J connectivity index is 2.01. The lowest BCUT2D eigenvalue weighted by molar-refractivity contribution is -0.137. The maximum atomic E-state index is 12.7. The van der Waals surface area contributed by atoms with Crippen LogP contribution in [0.1, 0.15) is 31.1 Å². The summed E-state index contributed by atoms with van der Waals surface area (Å²) in [7, 11) is 0. The van der Waals surface area contributed by atoms with Crippen LogP contribution in [0.2, 0.25) is 0 Å². The zero-order chi connectivity index (χ0) is 19.1. The molecule has 0 aromatic heterocycles. The van der Waals surface area contributed by atoms with Crippen molar-refractivity contribution in [1.29, 1.82) is 0 Å². The predicted molar refractivity (Wildman–Crippen MR) is 94.8 cm³/mol. The van der Waals surface area contributed by atoms with E-state index in [4.69, 9.17) is 10.5 Å². The highest BCUT2D eigenvalue weighted by molar-refractivity contribution is 7.99. The Bertz CT molecular complexity index is 832. The molecule has 26 heavy (non-hydrogen) atoms. The number of amides is 1. The summed E-state index contributed by atoms with van der Waals surface area (Å²) in [6.07, 6.45) is -5.72. The van der Waals surface area contributed by atoms with Crippen molar-refractivity contribution in [3.8, 4) is 11.1 Å². The van der Waals surface area contributed by atoms with Crippen molar-refractivity contribution >= 4 is 17.9 Å². The second-order valence-corrected chi connectivity index (χ2v) is 7.94. The predicted octanol–water partition coefficient (Wildman–Crippen LogP) is 5.64. The summed E-state index contributed by atoms with van der Waals surface area (Å²) in [5.74, 6) is 0.761. The summed E-state index contributed by atoms with van der Waals surface area (Å²) < 4.78 is 43.6. The third-order valence-electron chi connectivity index (χ3n) is 4.38. The molecule has 0 saturated carbocycles. The van der Waals surface area contributed by atoms with E-state index in [9.17, 15) is 18.0 Å². The summed E-state index contributed by atoms with van der Waals surface area (Å²) in [5.41, 5.74) is 6.47. The van der Waals surface area contributed by atoms with Crippen molar-refractivity contribution in [1.82, 2.24) is 0 Å². The van der Waals surface area contributed by atoms with Gasteiger partial charge in [-0.1, -0.05) is 32.0 Å². The van der Waals surface area contributed by atoms with Gasteiger partial charge in [0.25, 0.3) is 0 Å². The molecule has 1 aliphatic heterocycles. The Kier molecular flexibility index (Phi) is 4.69. The molecule has 1 atom stereocenters. The Morgan fingerprint density at radius 2 is 1.77 bits per heavy atom. The standard InChI is InChI=1S/C19H18F3NO2S/c1-18(2)10-26-15-8-5-12(9-14(15)16(18)25-17(23)24)11-3-6-13(7-4-11)19(20,21)22/h3-9,16H,10H2,1-2H3,(H2,23,24). The Hall–Kier alpha value is -2.15. The molecular weight excluding hydrogens is 363 g/mol. The van der Waals surface area contributed by atoms with Gasteiger partial charge >= 0.3 is 12.3 Å². The number of thioether (sulfide) groups is 1. The number of carbonyl (C=O) groups is 1. The van der Waals surface area contributed by atoms with Gasteiger partial charge in [-0.15, -0.1) is 11.8 Å². The number of alkyl halides is 3. The van der Waals surface area contributed by atoms with Gasteiger partial charge < -0.3 is 10.5 Å². The highest BCUT2D eigenvalue weighted by Crippen LogP contribution is 2.49. The highest BCUT2D eigenvalue weighted by atomic mass is 32.2. The molecule has 2 N–H and O–H groups in total. The highest BCUT2D eigenvalue weighted by Gasteiger charge is 2.39. The number of hydrogen-bond donors (Lipinski definition) is 1. The molecule has 1 aliphatic rings. The van der Waals surface area contributed by atoms with Crippen LogP contribution >= 0.6 is 11.8 Å². The molecule has 0 aliphatic carbocycles. The van der Waals surface area contributed by atoms with Crippen LogP contribution in [0.25, 0.3) is 11.1 Å². The van der Waals surface area contributed by atoms with Crippen LogP contribution in [-0.2, 0) is 10.9 Å². The van der Waals surface area contributed by atoms with E-state index in [1.54, 1.807) is 11.8 Å². The van der Waals surface area contributed by atoms with Crippen LogP contribution in [0.15, 0.2) is 47.4 Å². The van der Waals surface area contributed by atoms with Gasteiger partial charge in [0, 0.05) is 21.6 Å². The molecule has 0 bridgehead atoms. The average molecular weight is 381 g/mol. The zero-order valence-corrected chi connectivity index (χ0v) is 15.1. The number of benzene rings is 2. The van der Waals surface area contributed by atoms with Crippen molar-refractivity contribution in [2.45, 2.75) is 31.0 Å². The number of ether oxygens (including phenoxy) is 1. The molecule has 7 heteroatoms. The first kappa shape index (κ1) is 18.6. The fraction of sp³-hybridized carbons (Fsp3) is 0.316. The number of primary amides is 1. The number of halogens is 3. The summed E-state index contributed by atoms with van der Waals surface area (Å²) in [5, 5.41) is 0. The molecule has 3 nitrogen and oxygen atoms in total. The second-order valence-electron chi connectivity index (χ2n) is 6.92. The van der Waals surface area contributed by atoms with Crippen molar-refractivity contribution < 1.29 is 22.7 Å². The number of rotatable bonds is 2. The quantitative estimate of drug-likeness (QED) is 0.732. The van der Waals surface area contributed by atoms with Crippen LogP contribution in [0.3, 0.4) is 0 Å². The number of carbonyl (C=O) groups excluding carboxylic acids is 1. The molecular formula is C19H18F3NO2S. The van der Waals surface area contributed by atoms with Crippen LogP contribution in [-0.4, -0.2) is 11.8 Å². The smallest absolute Gasteiger partial charge is 0.416 e. The molecule has 1 unspecified atom stereocenters. The lowest BCUT2D eigenvalue weighted by Crippen LogP contribution is -2.33. The van der Waals surface area contributed by atoms with E-state index in [1.165, 1.54) is 12.1 Å². The molecule has 0 radical (unpaired) electrons. The summed E-state index contributed by atoms with van der Waals surface area (Å²) in [6.45, 7) is 3.97. The first-order chi connectivity index (χ1) is 12.1. The van der Waals surface area contributed by atoms with E-state index in [-0.39, 0.29) is 5.41 Å². The van der Waals surface area contributed by atoms with Gasteiger partial charge in [0.15, 0.2) is 0 Å². The number of fused-ring (bicyclic) bond motifs is 1. The van der Waals surface area contributed by atoms with Gasteiger partial charge in [0.2, 0.25) is 0 Å². The average Bonchev–Trinajstić information content (AvgIpc) is 2.56. The zero-order valence-electron chi connectivity index (χ0n) is 14.3. The van der Waals surface area contributed by atoms with Crippen molar-refractivity contribution in [3.05, 3.63) is 53.6 Å². The minimum absolute atomic E-state index is 0.314. The van der Waals surface area contributed by atoms with Gasteiger partial charge in [-0.3, -0.25) is 0 Å². The normalized spacial score (nSPS) is 18.9. The van der Waals surface area contributed by atoms with E-state index in [1.807, 2.05) is 32.0 Å².